The molecule has 0 fully saturated rings. The van der Waals surface area contributed by atoms with Crippen molar-refractivity contribution in [3.63, 3.8) is 0 Å². The van der Waals surface area contributed by atoms with Gasteiger partial charge >= 0.3 is 0 Å². The molecule has 0 unspecified atom stereocenters. The lowest BCUT2D eigenvalue weighted by Gasteiger charge is -2.34. The minimum absolute atomic E-state index is 0.0599. The van der Waals surface area contributed by atoms with E-state index in [1.807, 2.05) is 24.3 Å². The standard InChI is InChI=1S/C57H42O4/c58-31-33-60-41-27-23-39(24-28-41)57(40-25-29-42(30-26-40)61-34-32-59)53-21-9-19-49(51-35-37-11-1-3-13-43(37)45-15-5-7-17-47(45)51)55(53)56-50(20-10-22-54(56)57)52-36-38-12-2-4-14-44(38)46-16-6-8-18-48(46)52/h1-30,35-36,58-59H,31-34H2. The van der Waals surface area contributed by atoms with Gasteiger partial charge in [-0.1, -0.05) is 158 Å². The topological polar surface area (TPSA) is 58.9 Å². The van der Waals surface area contributed by atoms with Gasteiger partial charge in [0.2, 0.25) is 0 Å². The van der Waals surface area contributed by atoms with E-state index in [0.717, 1.165) is 11.1 Å². The zero-order chi connectivity index (χ0) is 40.9. The van der Waals surface area contributed by atoms with Crippen molar-refractivity contribution < 1.29 is 19.7 Å². The maximum atomic E-state index is 9.58. The minimum Gasteiger partial charge on any atom is -0.491 e. The van der Waals surface area contributed by atoms with Crippen LogP contribution in [0.1, 0.15) is 22.3 Å². The maximum Gasteiger partial charge on any atom is 0.119 e. The fourth-order valence-electron chi connectivity index (χ4n) is 10.1. The fraction of sp³-hybridized carbons (Fsp3) is 0.0877. The molecule has 0 saturated heterocycles. The van der Waals surface area contributed by atoms with Crippen LogP contribution in [-0.4, -0.2) is 36.6 Å². The van der Waals surface area contributed by atoms with Gasteiger partial charge in [-0.2, -0.15) is 0 Å². The quantitative estimate of drug-likeness (QED) is 0.135. The Morgan fingerprint density at radius 2 is 0.721 bits per heavy atom. The van der Waals surface area contributed by atoms with Crippen molar-refractivity contribution in [2.45, 2.75) is 5.41 Å². The molecule has 294 valence electrons. The lowest BCUT2D eigenvalue weighted by molar-refractivity contribution is 0.201. The monoisotopic (exact) mass is 790 g/mol. The summed E-state index contributed by atoms with van der Waals surface area (Å²) in [5.74, 6) is 1.40. The molecule has 0 saturated carbocycles. The number of aliphatic hydroxyl groups is 2. The molecule has 0 aromatic heterocycles. The number of fused-ring (bicyclic) bond motifs is 9. The summed E-state index contributed by atoms with van der Waals surface area (Å²) in [5, 5.41) is 28.9. The highest BCUT2D eigenvalue weighted by Crippen LogP contribution is 2.61. The van der Waals surface area contributed by atoms with Crippen molar-refractivity contribution in [2.75, 3.05) is 26.4 Å². The van der Waals surface area contributed by atoms with Crippen LogP contribution >= 0.6 is 0 Å². The number of ether oxygens (including phenoxy) is 2. The van der Waals surface area contributed by atoms with E-state index in [0.29, 0.717) is 11.5 Å². The second kappa shape index (κ2) is 15.1. The second-order valence-electron chi connectivity index (χ2n) is 15.8. The Hall–Kier alpha value is -7.24. The molecule has 10 aromatic carbocycles. The third-order valence-corrected chi connectivity index (χ3v) is 12.6. The summed E-state index contributed by atoms with van der Waals surface area (Å²) in [6.07, 6.45) is 0. The normalized spacial score (nSPS) is 12.8. The van der Waals surface area contributed by atoms with Crippen LogP contribution in [0.25, 0.3) is 76.5 Å². The summed E-state index contributed by atoms with van der Waals surface area (Å²) in [4.78, 5) is 0. The SMILES string of the molecule is OCCOc1ccc(C2(c3ccc(OCCO)cc3)c3cccc(-c4cc5ccccc5c5ccccc45)c3-c3c(-c4cc5ccccc5c5ccccc45)cccc32)cc1. The van der Waals surface area contributed by atoms with Crippen LogP contribution in [0.15, 0.2) is 194 Å². The summed E-state index contributed by atoms with van der Waals surface area (Å²) in [7, 11) is 0. The van der Waals surface area contributed by atoms with E-state index in [-0.39, 0.29) is 26.4 Å². The summed E-state index contributed by atoms with van der Waals surface area (Å²) in [5.41, 5.74) is 10.9. The van der Waals surface area contributed by atoms with Gasteiger partial charge in [-0.15, -0.1) is 0 Å². The van der Waals surface area contributed by atoms with Crippen LogP contribution in [0.4, 0.5) is 0 Å². The summed E-state index contributed by atoms with van der Waals surface area (Å²) in [6.45, 7) is 0.320. The number of hydrogen-bond donors (Lipinski definition) is 2. The Bertz CT molecular complexity index is 3050. The predicted octanol–water partition coefficient (Wildman–Crippen LogP) is 12.7. The van der Waals surface area contributed by atoms with Gasteiger partial charge < -0.3 is 19.7 Å². The molecule has 0 amide bonds. The molecular formula is C57H42O4. The van der Waals surface area contributed by atoms with Crippen LogP contribution in [0.2, 0.25) is 0 Å². The Balaban J connectivity index is 1.29. The van der Waals surface area contributed by atoms with Crippen molar-refractivity contribution >= 4 is 43.1 Å². The van der Waals surface area contributed by atoms with Gasteiger partial charge in [0.25, 0.3) is 0 Å². The highest BCUT2D eigenvalue weighted by atomic mass is 16.5. The highest BCUT2D eigenvalue weighted by Gasteiger charge is 2.48. The Morgan fingerprint density at radius 1 is 0.344 bits per heavy atom. The molecular weight excluding hydrogens is 749 g/mol. The van der Waals surface area contributed by atoms with E-state index < -0.39 is 5.41 Å². The fourth-order valence-corrected chi connectivity index (χ4v) is 10.1. The van der Waals surface area contributed by atoms with Crippen molar-refractivity contribution in [1.82, 2.24) is 0 Å². The van der Waals surface area contributed by atoms with Gasteiger partial charge in [-0.05, 0) is 135 Å². The van der Waals surface area contributed by atoms with E-state index in [1.54, 1.807) is 0 Å². The van der Waals surface area contributed by atoms with E-state index in [1.165, 1.54) is 87.6 Å². The first-order valence-electron chi connectivity index (χ1n) is 21.0. The maximum absolute atomic E-state index is 9.58. The van der Waals surface area contributed by atoms with Crippen molar-refractivity contribution in [3.05, 3.63) is 216 Å². The van der Waals surface area contributed by atoms with Crippen LogP contribution in [0.5, 0.6) is 11.5 Å². The first-order valence-corrected chi connectivity index (χ1v) is 21.0. The van der Waals surface area contributed by atoms with E-state index in [4.69, 9.17) is 9.47 Å². The highest BCUT2D eigenvalue weighted by molar-refractivity contribution is 6.18. The molecule has 4 nitrogen and oxygen atoms in total. The van der Waals surface area contributed by atoms with E-state index in [2.05, 4.69) is 170 Å². The van der Waals surface area contributed by atoms with Gasteiger partial charge in [0.1, 0.15) is 24.7 Å². The Morgan fingerprint density at radius 3 is 1.13 bits per heavy atom. The van der Waals surface area contributed by atoms with Gasteiger partial charge in [0, 0.05) is 0 Å². The first kappa shape index (κ1) is 36.8. The van der Waals surface area contributed by atoms with Crippen LogP contribution in [0, 0.1) is 0 Å². The molecule has 1 aliphatic carbocycles. The molecule has 11 rings (SSSR count). The average Bonchev–Trinajstić information content (AvgIpc) is 3.64. The smallest absolute Gasteiger partial charge is 0.119 e. The van der Waals surface area contributed by atoms with E-state index >= 15 is 0 Å². The molecule has 0 spiro atoms. The molecule has 0 radical (unpaired) electrons. The Labute approximate surface area is 354 Å². The number of benzene rings is 10. The van der Waals surface area contributed by atoms with Gasteiger partial charge in [-0.3, -0.25) is 0 Å². The van der Waals surface area contributed by atoms with Gasteiger partial charge in [0.15, 0.2) is 0 Å². The first-order chi connectivity index (χ1) is 30.2. The molecule has 61 heavy (non-hydrogen) atoms. The molecule has 2 N–H and O–H groups in total. The second-order valence-corrected chi connectivity index (χ2v) is 15.8. The zero-order valence-corrected chi connectivity index (χ0v) is 33.5. The average molecular weight is 791 g/mol. The zero-order valence-electron chi connectivity index (χ0n) is 33.5. The molecule has 1 aliphatic rings. The van der Waals surface area contributed by atoms with Gasteiger partial charge in [0.05, 0.1) is 18.6 Å². The lowest BCUT2D eigenvalue weighted by atomic mass is 9.67. The lowest BCUT2D eigenvalue weighted by Crippen LogP contribution is -2.28. The minimum atomic E-state index is -0.763. The van der Waals surface area contributed by atoms with Crippen LogP contribution in [0.3, 0.4) is 0 Å². The van der Waals surface area contributed by atoms with Crippen LogP contribution < -0.4 is 9.47 Å². The van der Waals surface area contributed by atoms with Gasteiger partial charge in [-0.25, -0.2) is 0 Å². The third-order valence-electron chi connectivity index (χ3n) is 12.6. The van der Waals surface area contributed by atoms with E-state index in [9.17, 15) is 10.2 Å². The summed E-state index contributed by atoms with van der Waals surface area (Å²) < 4.78 is 11.8. The summed E-state index contributed by atoms with van der Waals surface area (Å²) in [6, 6.07) is 70.2. The number of aliphatic hydroxyl groups excluding tert-OH is 2. The molecule has 0 bridgehead atoms. The van der Waals surface area contributed by atoms with Crippen molar-refractivity contribution in [3.8, 4) is 44.9 Å². The molecule has 0 aliphatic heterocycles. The molecule has 10 aromatic rings. The van der Waals surface area contributed by atoms with Crippen molar-refractivity contribution in [2.24, 2.45) is 0 Å². The predicted molar refractivity (Wildman–Crippen MR) is 250 cm³/mol. The number of hydrogen-bond acceptors (Lipinski definition) is 4. The molecule has 0 atom stereocenters. The number of rotatable bonds is 10. The molecule has 4 heteroatoms. The van der Waals surface area contributed by atoms with Crippen LogP contribution in [-0.2, 0) is 5.41 Å². The van der Waals surface area contributed by atoms with Crippen molar-refractivity contribution in [1.29, 1.82) is 0 Å². The Kier molecular flexibility index (Phi) is 9.11. The third kappa shape index (κ3) is 5.83. The molecule has 0 heterocycles. The summed E-state index contributed by atoms with van der Waals surface area (Å²) >= 11 is 0. The largest absolute Gasteiger partial charge is 0.491 e.